The molecule has 2 rings (SSSR count). The molecule has 0 amide bonds. The zero-order valence-electron chi connectivity index (χ0n) is 12.2. The van der Waals surface area contributed by atoms with Gasteiger partial charge in [-0.3, -0.25) is 0 Å². The zero-order chi connectivity index (χ0) is 13.7. The van der Waals surface area contributed by atoms with E-state index >= 15 is 0 Å². The monoisotopic (exact) mass is 263 g/mol. The molecule has 0 aliphatic heterocycles. The molecule has 1 atom stereocenters. The van der Waals surface area contributed by atoms with Gasteiger partial charge in [-0.15, -0.1) is 0 Å². The number of ether oxygens (including phenoxy) is 2. The van der Waals surface area contributed by atoms with Crippen LogP contribution in [0.15, 0.2) is 18.2 Å². The summed E-state index contributed by atoms with van der Waals surface area (Å²) >= 11 is 0. The molecule has 0 aromatic heterocycles. The van der Waals surface area contributed by atoms with Gasteiger partial charge in [0.15, 0.2) is 0 Å². The average molecular weight is 263 g/mol. The van der Waals surface area contributed by atoms with E-state index in [9.17, 15) is 0 Å². The Bertz CT molecular complexity index is 404. The van der Waals surface area contributed by atoms with Crippen LogP contribution < -0.4 is 10.1 Å². The number of hydrogen-bond donors (Lipinski definition) is 1. The first-order chi connectivity index (χ1) is 9.20. The van der Waals surface area contributed by atoms with Crippen LogP contribution in [0.3, 0.4) is 0 Å². The van der Waals surface area contributed by atoms with E-state index in [2.05, 4.69) is 30.4 Å². The normalized spacial score (nSPS) is 17.8. The molecule has 1 aromatic carbocycles. The first-order valence-electron chi connectivity index (χ1n) is 7.31. The number of nitrogens with one attached hydrogen (secondary N) is 1. The van der Waals surface area contributed by atoms with Crippen LogP contribution in [0.1, 0.15) is 44.4 Å². The Balaban J connectivity index is 1.88. The van der Waals surface area contributed by atoms with Crippen LogP contribution in [0.2, 0.25) is 0 Å². The molecule has 0 spiro atoms. The lowest BCUT2D eigenvalue weighted by Crippen LogP contribution is -2.18. The fraction of sp³-hybridized carbons (Fsp3) is 0.625. The van der Waals surface area contributed by atoms with Crippen LogP contribution in [-0.4, -0.2) is 25.9 Å². The lowest BCUT2D eigenvalue weighted by atomic mass is 10.1. The molecule has 1 aromatic rings. The van der Waals surface area contributed by atoms with Crippen molar-refractivity contribution < 1.29 is 9.47 Å². The van der Waals surface area contributed by atoms with Crippen molar-refractivity contribution in [1.29, 1.82) is 0 Å². The van der Waals surface area contributed by atoms with Crippen LogP contribution >= 0.6 is 0 Å². The molecule has 0 saturated carbocycles. The average Bonchev–Trinajstić information content (AvgIpc) is 2.78. The Morgan fingerprint density at radius 1 is 1.32 bits per heavy atom. The standard InChI is InChI=1S/C16H25NO2/c1-4-17-16-8-5-13-11-14(6-7-15(13)16)19-10-9-18-12(2)3/h6-7,11-12,16-17H,4-5,8-10H2,1-3H3. The quantitative estimate of drug-likeness (QED) is 0.767. The fourth-order valence-electron chi connectivity index (χ4n) is 2.59. The minimum Gasteiger partial charge on any atom is -0.491 e. The Morgan fingerprint density at radius 2 is 2.16 bits per heavy atom. The highest BCUT2D eigenvalue weighted by Gasteiger charge is 2.21. The highest BCUT2D eigenvalue weighted by Crippen LogP contribution is 2.33. The van der Waals surface area contributed by atoms with Crippen molar-refractivity contribution in [2.24, 2.45) is 0 Å². The Labute approximate surface area is 116 Å². The van der Waals surface area contributed by atoms with E-state index in [0.717, 1.165) is 18.7 Å². The Kier molecular flexibility index (Phi) is 5.23. The highest BCUT2D eigenvalue weighted by atomic mass is 16.5. The van der Waals surface area contributed by atoms with Crippen molar-refractivity contribution in [3.05, 3.63) is 29.3 Å². The maximum absolute atomic E-state index is 5.73. The van der Waals surface area contributed by atoms with Crippen molar-refractivity contribution in [2.75, 3.05) is 19.8 Å². The smallest absolute Gasteiger partial charge is 0.119 e. The predicted molar refractivity (Wildman–Crippen MR) is 77.8 cm³/mol. The van der Waals surface area contributed by atoms with Crippen molar-refractivity contribution in [2.45, 2.75) is 45.8 Å². The summed E-state index contributed by atoms with van der Waals surface area (Å²) in [6.07, 6.45) is 2.61. The summed E-state index contributed by atoms with van der Waals surface area (Å²) in [7, 11) is 0. The molecule has 1 aliphatic rings. The first-order valence-corrected chi connectivity index (χ1v) is 7.31. The Morgan fingerprint density at radius 3 is 2.89 bits per heavy atom. The van der Waals surface area contributed by atoms with Crippen molar-refractivity contribution in [3.63, 3.8) is 0 Å². The van der Waals surface area contributed by atoms with Gasteiger partial charge in [-0.05, 0) is 56.5 Å². The third-order valence-electron chi connectivity index (χ3n) is 3.45. The van der Waals surface area contributed by atoms with E-state index in [-0.39, 0.29) is 6.10 Å². The third-order valence-corrected chi connectivity index (χ3v) is 3.45. The van der Waals surface area contributed by atoms with Crippen LogP contribution in [-0.2, 0) is 11.2 Å². The molecule has 0 saturated heterocycles. The van der Waals surface area contributed by atoms with Gasteiger partial charge in [-0.2, -0.15) is 0 Å². The maximum atomic E-state index is 5.73. The van der Waals surface area contributed by atoms with Crippen molar-refractivity contribution >= 4 is 0 Å². The van der Waals surface area contributed by atoms with Crippen LogP contribution in [0, 0.1) is 0 Å². The molecule has 106 valence electrons. The lowest BCUT2D eigenvalue weighted by molar-refractivity contribution is 0.0552. The second-order valence-electron chi connectivity index (χ2n) is 5.28. The second-order valence-corrected chi connectivity index (χ2v) is 5.28. The molecule has 0 bridgehead atoms. The number of rotatable bonds is 7. The third kappa shape index (κ3) is 3.95. The van der Waals surface area contributed by atoms with E-state index < -0.39 is 0 Å². The molecule has 19 heavy (non-hydrogen) atoms. The van der Waals surface area contributed by atoms with Crippen LogP contribution in [0.25, 0.3) is 0 Å². The lowest BCUT2D eigenvalue weighted by Gasteiger charge is -2.13. The van der Waals surface area contributed by atoms with Gasteiger partial charge in [0.05, 0.1) is 12.7 Å². The molecule has 1 N–H and O–H groups in total. The van der Waals surface area contributed by atoms with E-state index in [1.54, 1.807) is 0 Å². The van der Waals surface area contributed by atoms with Crippen molar-refractivity contribution in [1.82, 2.24) is 5.32 Å². The van der Waals surface area contributed by atoms with E-state index in [4.69, 9.17) is 9.47 Å². The predicted octanol–water partition coefficient (Wildman–Crippen LogP) is 3.09. The van der Waals surface area contributed by atoms with Crippen molar-refractivity contribution in [3.8, 4) is 5.75 Å². The second kappa shape index (κ2) is 6.92. The highest BCUT2D eigenvalue weighted by molar-refractivity contribution is 5.40. The maximum Gasteiger partial charge on any atom is 0.119 e. The molecule has 3 heteroatoms. The van der Waals surface area contributed by atoms with Gasteiger partial charge in [0, 0.05) is 6.04 Å². The van der Waals surface area contributed by atoms with E-state index in [1.165, 1.54) is 17.5 Å². The van der Waals surface area contributed by atoms with Gasteiger partial charge in [0.1, 0.15) is 12.4 Å². The van der Waals surface area contributed by atoms with Crippen LogP contribution in [0.5, 0.6) is 5.75 Å². The molecule has 0 radical (unpaired) electrons. The molecule has 3 nitrogen and oxygen atoms in total. The molecular formula is C16H25NO2. The summed E-state index contributed by atoms with van der Waals surface area (Å²) in [5.74, 6) is 0.961. The SMILES string of the molecule is CCNC1CCc2cc(OCCOC(C)C)ccc21. The molecule has 1 aliphatic carbocycles. The summed E-state index contributed by atoms with van der Waals surface area (Å²) < 4.78 is 11.2. The molecule has 0 heterocycles. The minimum absolute atomic E-state index is 0.268. The van der Waals surface area contributed by atoms with Gasteiger partial charge in [0.25, 0.3) is 0 Å². The topological polar surface area (TPSA) is 30.5 Å². The minimum atomic E-state index is 0.268. The summed E-state index contributed by atoms with van der Waals surface area (Å²) in [5.41, 5.74) is 2.86. The van der Waals surface area contributed by atoms with Gasteiger partial charge in [-0.25, -0.2) is 0 Å². The summed E-state index contributed by atoms with van der Waals surface area (Å²) in [6, 6.07) is 6.98. The summed E-state index contributed by atoms with van der Waals surface area (Å²) in [4.78, 5) is 0. The van der Waals surface area contributed by atoms with E-state index in [1.807, 2.05) is 13.8 Å². The van der Waals surface area contributed by atoms with Gasteiger partial charge >= 0.3 is 0 Å². The molecular weight excluding hydrogens is 238 g/mol. The fourth-order valence-corrected chi connectivity index (χ4v) is 2.59. The number of fused-ring (bicyclic) bond motifs is 1. The zero-order valence-corrected chi connectivity index (χ0v) is 12.2. The largest absolute Gasteiger partial charge is 0.491 e. The van der Waals surface area contributed by atoms with E-state index in [0.29, 0.717) is 19.3 Å². The number of hydrogen-bond acceptors (Lipinski definition) is 3. The summed E-state index contributed by atoms with van der Waals surface area (Å²) in [5, 5.41) is 3.52. The Hall–Kier alpha value is -1.06. The number of aryl methyl sites for hydroxylation is 1. The summed E-state index contributed by atoms with van der Waals surface area (Å²) in [6.45, 7) is 8.52. The van der Waals surface area contributed by atoms with Crippen LogP contribution in [0.4, 0.5) is 0 Å². The van der Waals surface area contributed by atoms with Gasteiger partial charge < -0.3 is 14.8 Å². The molecule has 1 unspecified atom stereocenters. The molecule has 0 fully saturated rings. The van der Waals surface area contributed by atoms with Gasteiger partial charge in [-0.1, -0.05) is 13.0 Å². The first kappa shape index (κ1) is 14.4. The number of benzene rings is 1. The van der Waals surface area contributed by atoms with Gasteiger partial charge in [0.2, 0.25) is 0 Å².